The molecule has 0 fully saturated rings. The SMILES string of the molecule is Cc1c(S(=O)(=O)NCCc2ccc(N)cc2)csc1C(=O)Nc1ccc(Br)cc1C(=O)O. The smallest absolute Gasteiger partial charge is 0.337 e. The Hall–Kier alpha value is -2.73. The van der Waals surface area contributed by atoms with Crippen LogP contribution in [0.25, 0.3) is 0 Å². The molecular formula is C21H20BrN3O5S2. The fourth-order valence-electron chi connectivity index (χ4n) is 2.96. The third kappa shape index (κ3) is 5.54. The summed E-state index contributed by atoms with van der Waals surface area (Å²) in [6.07, 6.45) is 0.484. The molecule has 3 aromatic rings. The number of carboxylic acids is 1. The molecule has 1 aromatic heterocycles. The summed E-state index contributed by atoms with van der Waals surface area (Å²) in [6, 6.07) is 11.6. The van der Waals surface area contributed by atoms with Crippen molar-refractivity contribution >= 4 is 60.5 Å². The molecule has 11 heteroatoms. The summed E-state index contributed by atoms with van der Waals surface area (Å²) in [6.45, 7) is 1.73. The summed E-state index contributed by atoms with van der Waals surface area (Å²) in [5.41, 5.74) is 7.54. The molecule has 0 spiro atoms. The maximum atomic E-state index is 12.7. The maximum Gasteiger partial charge on any atom is 0.337 e. The molecule has 3 rings (SSSR count). The zero-order chi connectivity index (χ0) is 23.5. The van der Waals surface area contributed by atoms with Gasteiger partial charge in [0.15, 0.2) is 0 Å². The van der Waals surface area contributed by atoms with E-state index in [-0.39, 0.29) is 27.6 Å². The summed E-state index contributed by atoms with van der Waals surface area (Å²) in [5.74, 6) is -1.78. The maximum absolute atomic E-state index is 12.7. The van der Waals surface area contributed by atoms with Crippen molar-refractivity contribution in [3.63, 3.8) is 0 Å². The van der Waals surface area contributed by atoms with E-state index in [2.05, 4.69) is 26.0 Å². The first-order valence-corrected chi connectivity index (χ1v) is 12.5. The molecule has 1 heterocycles. The van der Waals surface area contributed by atoms with Crippen LogP contribution < -0.4 is 15.8 Å². The van der Waals surface area contributed by atoms with Gasteiger partial charge >= 0.3 is 5.97 Å². The molecule has 0 saturated heterocycles. The number of carbonyl (C=O) groups excluding carboxylic acids is 1. The van der Waals surface area contributed by atoms with Crippen LogP contribution in [0.1, 0.15) is 31.2 Å². The number of hydrogen-bond acceptors (Lipinski definition) is 6. The Morgan fingerprint density at radius 2 is 1.84 bits per heavy atom. The Morgan fingerprint density at radius 3 is 2.50 bits per heavy atom. The average molecular weight is 538 g/mol. The van der Waals surface area contributed by atoms with Gasteiger partial charge in [-0.15, -0.1) is 11.3 Å². The van der Waals surface area contributed by atoms with E-state index in [0.717, 1.165) is 16.9 Å². The number of hydrogen-bond donors (Lipinski definition) is 4. The van der Waals surface area contributed by atoms with E-state index in [1.807, 2.05) is 12.1 Å². The summed E-state index contributed by atoms with van der Waals surface area (Å²) in [4.78, 5) is 24.4. The van der Waals surface area contributed by atoms with E-state index in [4.69, 9.17) is 5.73 Å². The van der Waals surface area contributed by atoms with Crippen molar-refractivity contribution in [3.8, 4) is 0 Å². The third-order valence-corrected chi connectivity index (χ3v) is 7.95. The van der Waals surface area contributed by atoms with Crippen LogP contribution in [0.3, 0.4) is 0 Å². The van der Waals surface area contributed by atoms with Crippen molar-refractivity contribution < 1.29 is 23.1 Å². The average Bonchev–Trinajstić information content (AvgIpc) is 3.13. The molecule has 0 radical (unpaired) electrons. The zero-order valence-electron chi connectivity index (χ0n) is 16.9. The lowest BCUT2D eigenvalue weighted by Gasteiger charge is -2.09. The van der Waals surface area contributed by atoms with Crippen LogP contribution in [0.15, 0.2) is 57.2 Å². The number of thiophene rings is 1. The standard InChI is InChI=1S/C21H20BrN3O5S2/c1-12-18(32(29,30)24-9-8-13-2-5-15(23)6-3-13)11-31-19(12)20(26)25-17-7-4-14(22)10-16(17)21(27)28/h2-7,10-11,24H,8-9,23H2,1H3,(H,25,26)(H,27,28). The first kappa shape index (κ1) is 23.9. The number of carbonyl (C=O) groups is 2. The Balaban J connectivity index is 1.73. The molecule has 32 heavy (non-hydrogen) atoms. The van der Waals surface area contributed by atoms with Crippen LogP contribution in [0.2, 0.25) is 0 Å². The molecule has 1 amide bonds. The zero-order valence-corrected chi connectivity index (χ0v) is 20.1. The van der Waals surface area contributed by atoms with Gasteiger partial charge in [0.2, 0.25) is 10.0 Å². The van der Waals surface area contributed by atoms with Crippen LogP contribution in [0.4, 0.5) is 11.4 Å². The Kier molecular flexibility index (Phi) is 7.34. The van der Waals surface area contributed by atoms with E-state index in [9.17, 15) is 23.1 Å². The molecule has 2 aromatic carbocycles. The van der Waals surface area contributed by atoms with Crippen molar-refractivity contribution in [1.82, 2.24) is 4.72 Å². The van der Waals surface area contributed by atoms with Gasteiger partial charge in [0.25, 0.3) is 5.91 Å². The number of nitrogen functional groups attached to an aromatic ring is 1. The monoisotopic (exact) mass is 537 g/mol. The van der Waals surface area contributed by atoms with Crippen molar-refractivity contribution in [1.29, 1.82) is 0 Å². The van der Waals surface area contributed by atoms with Gasteiger partial charge in [-0.1, -0.05) is 28.1 Å². The Morgan fingerprint density at radius 1 is 1.16 bits per heavy atom. The lowest BCUT2D eigenvalue weighted by Crippen LogP contribution is -2.26. The van der Waals surface area contributed by atoms with Crippen molar-refractivity contribution in [2.45, 2.75) is 18.2 Å². The van der Waals surface area contributed by atoms with Crippen LogP contribution >= 0.6 is 27.3 Å². The Labute approximate surface area is 197 Å². The second kappa shape index (κ2) is 9.82. The van der Waals surface area contributed by atoms with Crippen LogP contribution in [-0.4, -0.2) is 31.9 Å². The van der Waals surface area contributed by atoms with Gasteiger partial charge in [0, 0.05) is 22.1 Å². The first-order chi connectivity index (χ1) is 15.1. The number of sulfonamides is 1. The van der Waals surface area contributed by atoms with Gasteiger partial charge in [-0.2, -0.15) is 0 Å². The molecule has 0 unspecified atom stereocenters. The fourth-order valence-corrected chi connectivity index (χ4v) is 5.92. The molecule has 0 aliphatic carbocycles. The molecule has 0 bridgehead atoms. The summed E-state index contributed by atoms with van der Waals surface area (Å²) < 4.78 is 28.6. The topological polar surface area (TPSA) is 139 Å². The van der Waals surface area contributed by atoms with Gasteiger partial charge in [0.05, 0.1) is 21.0 Å². The number of rotatable bonds is 8. The second-order valence-corrected chi connectivity index (χ2v) is 10.4. The molecule has 0 aliphatic heterocycles. The van der Waals surface area contributed by atoms with Crippen LogP contribution in [0, 0.1) is 6.92 Å². The highest BCUT2D eigenvalue weighted by molar-refractivity contribution is 9.10. The highest BCUT2D eigenvalue weighted by atomic mass is 79.9. The molecule has 8 nitrogen and oxygen atoms in total. The number of halogens is 1. The lowest BCUT2D eigenvalue weighted by molar-refractivity contribution is 0.0698. The quantitative estimate of drug-likeness (QED) is 0.321. The van der Waals surface area contributed by atoms with Crippen LogP contribution in [-0.2, 0) is 16.4 Å². The second-order valence-electron chi connectivity index (χ2n) is 6.89. The van der Waals surface area contributed by atoms with Crippen molar-refractivity contribution in [2.75, 3.05) is 17.6 Å². The number of anilines is 2. The van der Waals surface area contributed by atoms with E-state index in [1.54, 1.807) is 25.1 Å². The molecule has 0 aliphatic rings. The lowest BCUT2D eigenvalue weighted by atomic mass is 10.1. The minimum absolute atomic E-state index is 0.0132. The number of nitrogens with one attached hydrogen (secondary N) is 2. The number of amides is 1. The normalized spacial score (nSPS) is 11.3. The number of carboxylic acid groups (broad SMARTS) is 1. The number of benzene rings is 2. The van der Waals surface area contributed by atoms with E-state index < -0.39 is 21.9 Å². The third-order valence-electron chi connectivity index (χ3n) is 4.64. The van der Waals surface area contributed by atoms with Gasteiger partial charge in [-0.05, 0) is 54.8 Å². The first-order valence-electron chi connectivity index (χ1n) is 9.35. The number of nitrogens with two attached hydrogens (primary N) is 1. The molecule has 5 N–H and O–H groups in total. The molecule has 168 valence electrons. The fraction of sp³-hybridized carbons (Fsp3) is 0.143. The van der Waals surface area contributed by atoms with Gasteiger partial charge in [0.1, 0.15) is 0 Å². The minimum atomic E-state index is -3.83. The molecule has 0 atom stereocenters. The minimum Gasteiger partial charge on any atom is -0.478 e. The number of aromatic carboxylic acids is 1. The summed E-state index contributed by atoms with van der Waals surface area (Å²) in [7, 11) is -3.83. The summed E-state index contributed by atoms with van der Waals surface area (Å²) in [5, 5.41) is 13.3. The highest BCUT2D eigenvalue weighted by Gasteiger charge is 2.24. The van der Waals surface area contributed by atoms with Gasteiger partial charge in [-0.3, -0.25) is 4.79 Å². The highest BCUT2D eigenvalue weighted by Crippen LogP contribution is 2.28. The predicted octanol–water partition coefficient (Wildman–Crippen LogP) is 3.87. The van der Waals surface area contributed by atoms with E-state index >= 15 is 0 Å². The summed E-state index contributed by atoms with van der Waals surface area (Å²) >= 11 is 4.18. The van der Waals surface area contributed by atoms with Crippen molar-refractivity contribution in [3.05, 3.63) is 73.9 Å². The van der Waals surface area contributed by atoms with Gasteiger partial charge < -0.3 is 16.2 Å². The van der Waals surface area contributed by atoms with E-state index in [0.29, 0.717) is 22.1 Å². The Bertz CT molecular complexity index is 1270. The van der Waals surface area contributed by atoms with Gasteiger partial charge in [-0.25, -0.2) is 17.9 Å². The van der Waals surface area contributed by atoms with E-state index in [1.165, 1.54) is 17.5 Å². The predicted molar refractivity (Wildman–Crippen MR) is 128 cm³/mol. The molecule has 0 saturated carbocycles. The van der Waals surface area contributed by atoms with Crippen LogP contribution in [0.5, 0.6) is 0 Å². The molecular weight excluding hydrogens is 518 g/mol. The van der Waals surface area contributed by atoms with Crippen molar-refractivity contribution in [2.24, 2.45) is 0 Å². The largest absolute Gasteiger partial charge is 0.478 e.